The van der Waals surface area contributed by atoms with E-state index in [1.54, 1.807) is 18.2 Å². The number of rotatable bonds is 5. The van der Waals surface area contributed by atoms with Crippen molar-refractivity contribution in [3.05, 3.63) is 59.8 Å². The van der Waals surface area contributed by atoms with Crippen LogP contribution in [-0.2, 0) is 9.59 Å². The summed E-state index contributed by atoms with van der Waals surface area (Å²) in [4.78, 5) is 27.0. The number of carbonyl (C=O) groups is 2. The number of ether oxygens (including phenoxy) is 3. The normalized spacial score (nSPS) is 10.8. The number of fused-ring (bicyclic) bond motifs is 1. The van der Waals surface area contributed by atoms with Gasteiger partial charge in [0, 0.05) is 19.2 Å². The monoisotopic (exact) mass is 377 g/mol. The number of hydrogen-bond donors (Lipinski definition) is 0. The van der Waals surface area contributed by atoms with E-state index >= 15 is 0 Å². The zero-order chi connectivity index (χ0) is 20.1. The van der Waals surface area contributed by atoms with Gasteiger partial charge in [0.15, 0.2) is 17.2 Å². The molecule has 0 bridgehead atoms. The smallest absolute Gasteiger partial charge is 0.308 e. The Morgan fingerprint density at radius 1 is 0.857 bits per heavy atom. The Hall–Kier alpha value is -3.67. The third-order valence-corrected chi connectivity index (χ3v) is 3.85. The van der Waals surface area contributed by atoms with Crippen molar-refractivity contribution in [2.45, 2.75) is 13.8 Å². The Labute approximate surface area is 162 Å². The van der Waals surface area contributed by atoms with Crippen LogP contribution in [0.25, 0.3) is 23.1 Å². The second-order valence-electron chi connectivity index (χ2n) is 5.99. The molecular formula is C22H19NO5. The fraction of sp³-hybridized carbons (Fsp3) is 0.136. The maximum atomic E-state index is 11.3. The van der Waals surface area contributed by atoms with Crippen molar-refractivity contribution in [2.24, 2.45) is 0 Å². The van der Waals surface area contributed by atoms with Crippen LogP contribution in [0.4, 0.5) is 0 Å². The lowest BCUT2D eigenvalue weighted by atomic mass is 10.1. The van der Waals surface area contributed by atoms with E-state index in [-0.39, 0.29) is 0 Å². The maximum Gasteiger partial charge on any atom is 0.308 e. The van der Waals surface area contributed by atoms with Gasteiger partial charge in [-0.25, -0.2) is 4.98 Å². The average molecular weight is 377 g/mol. The lowest BCUT2D eigenvalue weighted by molar-refractivity contribution is -0.132. The van der Waals surface area contributed by atoms with Crippen molar-refractivity contribution in [3.63, 3.8) is 0 Å². The number of pyridine rings is 1. The van der Waals surface area contributed by atoms with E-state index in [0.29, 0.717) is 28.5 Å². The highest BCUT2D eigenvalue weighted by Gasteiger charge is 2.08. The van der Waals surface area contributed by atoms with E-state index in [4.69, 9.17) is 14.2 Å². The first kappa shape index (κ1) is 19.1. The minimum absolute atomic E-state index is 0.363. The first-order valence-corrected chi connectivity index (χ1v) is 8.59. The number of benzene rings is 2. The Morgan fingerprint density at radius 2 is 1.61 bits per heavy atom. The summed E-state index contributed by atoms with van der Waals surface area (Å²) in [6, 6.07) is 14.5. The van der Waals surface area contributed by atoms with Crippen molar-refractivity contribution >= 4 is 35.0 Å². The van der Waals surface area contributed by atoms with E-state index in [0.717, 1.165) is 10.9 Å². The highest BCUT2D eigenvalue weighted by molar-refractivity contribution is 5.88. The molecule has 6 heteroatoms. The Morgan fingerprint density at radius 3 is 2.32 bits per heavy atom. The Bertz CT molecular complexity index is 1070. The molecule has 3 aromatic rings. The summed E-state index contributed by atoms with van der Waals surface area (Å²) in [5, 5.41) is 0.878. The van der Waals surface area contributed by atoms with Crippen LogP contribution < -0.4 is 14.2 Å². The van der Waals surface area contributed by atoms with Crippen LogP contribution in [-0.4, -0.2) is 24.0 Å². The second-order valence-corrected chi connectivity index (χ2v) is 5.99. The number of nitrogens with zero attached hydrogens (tertiary/aromatic N) is 1. The van der Waals surface area contributed by atoms with Gasteiger partial charge < -0.3 is 14.2 Å². The van der Waals surface area contributed by atoms with E-state index in [9.17, 15) is 9.59 Å². The van der Waals surface area contributed by atoms with Gasteiger partial charge in [0.2, 0.25) is 0 Å². The molecule has 0 aliphatic carbocycles. The molecule has 1 heterocycles. The molecule has 142 valence electrons. The molecule has 0 atom stereocenters. The summed E-state index contributed by atoms with van der Waals surface area (Å²) in [6.45, 7) is 2.69. The van der Waals surface area contributed by atoms with Gasteiger partial charge in [-0.15, -0.1) is 0 Å². The van der Waals surface area contributed by atoms with Gasteiger partial charge in [-0.1, -0.05) is 30.3 Å². The Balaban J connectivity index is 1.90. The van der Waals surface area contributed by atoms with Gasteiger partial charge in [-0.2, -0.15) is 0 Å². The molecule has 0 saturated heterocycles. The topological polar surface area (TPSA) is 74.7 Å². The molecule has 6 nitrogen and oxygen atoms in total. The van der Waals surface area contributed by atoms with Gasteiger partial charge in [-0.3, -0.25) is 9.59 Å². The minimum atomic E-state index is -0.412. The van der Waals surface area contributed by atoms with Crippen LogP contribution in [0.1, 0.15) is 25.1 Å². The van der Waals surface area contributed by atoms with Crippen molar-refractivity contribution in [3.8, 4) is 17.2 Å². The van der Waals surface area contributed by atoms with E-state index < -0.39 is 11.9 Å². The second kappa shape index (κ2) is 8.35. The molecule has 0 amide bonds. The third kappa shape index (κ3) is 4.54. The molecule has 0 N–H and O–H groups in total. The first-order valence-electron chi connectivity index (χ1n) is 8.59. The quantitative estimate of drug-likeness (QED) is 0.488. The van der Waals surface area contributed by atoms with Crippen LogP contribution in [0.2, 0.25) is 0 Å². The van der Waals surface area contributed by atoms with Crippen molar-refractivity contribution in [1.82, 2.24) is 4.98 Å². The zero-order valence-corrected chi connectivity index (χ0v) is 15.8. The molecule has 0 spiro atoms. The average Bonchev–Trinajstić information content (AvgIpc) is 2.66. The van der Waals surface area contributed by atoms with E-state index in [1.165, 1.54) is 21.0 Å². The summed E-state index contributed by atoms with van der Waals surface area (Å²) < 4.78 is 15.6. The fourth-order valence-corrected chi connectivity index (χ4v) is 2.67. The van der Waals surface area contributed by atoms with Crippen LogP contribution >= 0.6 is 0 Å². The van der Waals surface area contributed by atoms with Gasteiger partial charge in [0.25, 0.3) is 0 Å². The molecule has 0 unspecified atom stereocenters. The van der Waals surface area contributed by atoms with Crippen LogP contribution in [0.15, 0.2) is 48.5 Å². The highest BCUT2D eigenvalue weighted by Crippen LogP contribution is 2.29. The molecule has 0 aliphatic heterocycles. The molecule has 0 radical (unpaired) electrons. The predicted molar refractivity (Wildman–Crippen MR) is 106 cm³/mol. The minimum Gasteiger partial charge on any atom is -0.493 e. The maximum absolute atomic E-state index is 11.3. The number of carbonyl (C=O) groups excluding carboxylic acids is 2. The van der Waals surface area contributed by atoms with Gasteiger partial charge >= 0.3 is 11.9 Å². The summed E-state index contributed by atoms with van der Waals surface area (Å²) in [7, 11) is 1.51. The largest absolute Gasteiger partial charge is 0.493 e. The molecule has 1 aromatic heterocycles. The third-order valence-electron chi connectivity index (χ3n) is 3.85. The van der Waals surface area contributed by atoms with Crippen molar-refractivity contribution < 1.29 is 23.8 Å². The summed E-state index contributed by atoms with van der Waals surface area (Å²) in [6.07, 6.45) is 3.70. The molecule has 0 saturated carbocycles. The van der Waals surface area contributed by atoms with Crippen LogP contribution in [0.5, 0.6) is 17.2 Å². The van der Waals surface area contributed by atoms with Gasteiger partial charge in [0.05, 0.1) is 12.8 Å². The summed E-state index contributed by atoms with van der Waals surface area (Å²) >= 11 is 0. The van der Waals surface area contributed by atoms with Gasteiger partial charge in [-0.05, 0) is 35.9 Å². The van der Waals surface area contributed by atoms with Crippen molar-refractivity contribution in [2.75, 3.05) is 7.11 Å². The molecule has 0 aliphatic rings. The predicted octanol–water partition coefficient (Wildman–Crippen LogP) is 4.26. The van der Waals surface area contributed by atoms with Crippen LogP contribution in [0, 0.1) is 0 Å². The molecule has 0 fully saturated rings. The highest BCUT2D eigenvalue weighted by atomic mass is 16.6. The molecular weight excluding hydrogens is 358 g/mol. The van der Waals surface area contributed by atoms with Crippen LogP contribution in [0.3, 0.4) is 0 Å². The van der Waals surface area contributed by atoms with Gasteiger partial charge in [0.1, 0.15) is 5.52 Å². The van der Waals surface area contributed by atoms with E-state index in [1.807, 2.05) is 42.5 Å². The number of hydrogen-bond acceptors (Lipinski definition) is 6. The summed E-state index contributed by atoms with van der Waals surface area (Å²) in [5.74, 6) is 0.441. The standard InChI is InChI=1S/C22H19NO5/c1-14(24)27-19-12-8-16(13-21(19)26-3)7-10-18-11-9-17-5-4-6-20(22(17)23-18)28-15(2)25/h4-13H,1-3H3. The lowest BCUT2D eigenvalue weighted by Crippen LogP contribution is -2.03. The number of para-hydroxylation sites is 1. The number of methoxy groups -OCH3 is 1. The summed E-state index contributed by atoms with van der Waals surface area (Å²) in [5.41, 5.74) is 2.17. The first-order chi connectivity index (χ1) is 13.5. The van der Waals surface area contributed by atoms with Crippen molar-refractivity contribution in [1.29, 1.82) is 0 Å². The number of aromatic nitrogens is 1. The molecule has 3 rings (SSSR count). The zero-order valence-electron chi connectivity index (χ0n) is 15.8. The SMILES string of the molecule is COc1cc(C=Cc2ccc3cccc(OC(C)=O)c3n2)ccc1OC(C)=O. The Kier molecular flexibility index (Phi) is 5.69. The number of esters is 2. The lowest BCUT2D eigenvalue weighted by Gasteiger charge is -2.08. The fourth-order valence-electron chi connectivity index (χ4n) is 2.67. The van der Waals surface area contributed by atoms with E-state index in [2.05, 4.69) is 4.98 Å². The molecule has 28 heavy (non-hydrogen) atoms. The molecule has 2 aromatic carbocycles.